The van der Waals surface area contributed by atoms with Crippen LogP contribution in [-0.4, -0.2) is 36.6 Å². The lowest BCUT2D eigenvalue weighted by molar-refractivity contribution is 0.143. The van der Waals surface area contributed by atoms with Crippen LogP contribution in [0.25, 0.3) is 0 Å². The molecule has 2 saturated carbocycles. The first-order valence-electron chi connectivity index (χ1n) is 8.76. The fourth-order valence-electron chi connectivity index (χ4n) is 4.03. The third-order valence-electron chi connectivity index (χ3n) is 5.50. The average molecular weight is 264 g/mol. The van der Waals surface area contributed by atoms with Crippen LogP contribution in [-0.2, 0) is 0 Å². The van der Waals surface area contributed by atoms with Gasteiger partial charge in [-0.05, 0) is 82.7 Å². The largest absolute Gasteiger partial charge is 0.311 e. The molecule has 0 aromatic rings. The fraction of sp³-hybridized carbons (Fsp3) is 1.00. The number of likely N-dealkylation sites (tertiary alicyclic amines) is 1. The molecule has 0 aromatic heterocycles. The summed E-state index contributed by atoms with van der Waals surface area (Å²) in [6, 6.07) is 1.60. The molecule has 2 unspecified atom stereocenters. The van der Waals surface area contributed by atoms with E-state index >= 15 is 0 Å². The highest BCUT2D eigenvalue weighted by atomic mass is 15.1. The van der Waals surface area contributed by atoms with Crippen molar-refractivity contribution in [3.8, 4) is 0 Å². The number of hydrogen-bond acceptors (Lipinski definition) is 2. The molecule has 2 aliphatic carbocycles. The molecule has 3 fully saturated rings. The topological polar surface area (TPSA) is 15.3 Å². The summed E-state index contributed by atoms with van der Waals surface area (Å²) in [7, 11) is 0. The van der Waals surface area contributed by atoms with Crippen LogP contribution >= 0.6 is 0 Å². The van der Waals surface area contributed by atoms with Gasteiger partial charge >= 0.3 is 0 Å². The summed E-state index contributed by atoms with van der Waals surface area (Å²) in [4.78, 5) is 2.69. The highest BCUT2D eigenvalue weighted by molar-refractivity contribution is 4.98. The van der Waals surface area contributed by atoms with Crippen LogP contribution in [0.15, 0.2) is 0 Å². The summed E-state index contributed by atoms with van der Waals surface area (Å²) in [6.07, 6.45) is 10.1. The maximum Gasteiger partial charge on any atom is 0.0126 e. The second-order valence-corrected chi connectivity index (χ2v) is 7.36. The van der Waals surface area contributed by atoms with Gasteiger partial charge in [-0.3, -0.25) is 0 Å². The standard InChI is InChI=1S/C17H32N2/c1-3-10-19-11-4-5-16(12-19)13(2)18-17(14-6-7-14)15-8-9-15/h13-18H,3-12H2,1-2H3. The molecule has 1 aliphatic heterocycles. The van der Waals surface area contributed by atoms with Gasteiger partial charge in [0.1, 0.15) is 0 Å². The van der Waals surface area contributed by atoms with Crippen LogP contribution in [0.1, 0.15) is 58.8 Å². The fourth-order valence-corrected chi connectivity index (χ4v) is 4.03. The summed E-state index contributed by atoms with van der Waals surface area (Å²) in [5.41, 5.74) is 0. The molecule has 1 N–H and O–H groups in total. The van der Waals surface area contributed by atoms with E-state index in [2.05, 4.69) is 24.1 Å². The van der Waals surface area contributed by atoms with Gasteiger partial charge in [-0.1, -0.05) is 6.92 Å². The summed E-state index contributed by atoms with van der Waals surface area (Å²) in [6.45, 7) is 8.74. The van der Waals surface area contributed by atoms with Crippen LogP contribution in [0.2, 0.25) is 0 Å². The van der Waals surface area contributed by atoms with E-state index < -0.39 is 0 Å². The van der Waals surface area contributed by atoms with Crippen LogP contribution in [0.3, 0.4) is 0 Å². The number of nitrogens with zero attached hydrogens (tertiary/aromatic N) is 1. The molecule has 0 amide bonds. The van der Waals surface area contributed by atoms with Crippen molar-refractivity contribution in [1.29, 1.82) is 0 Å². The van der Waals surface area contributed by atoms with E-state index in [1.807, 2.05) is 0 Å². The molecule has 0 aromatic carbocycles. The number of piperidine rings is 1. The van der Waals surface area contributed by atoms with E-state index in [0.717, 1.165) is 29.8 Å². The summed E-state index contributed by atoms with van der Waals surface area (Å²) >= 11 is 0. The third kappa shape index (κ3) is 3.72. The van der Waals surface area contributed by atoms with Gasteiger partial charge in [0.05, 0.1) is 0 Å². The van der Waals surface area contributed by atoms with Crippen molar-refractivity contribution in [1.82, 2.24) is 10.2 Å². The predicted molar refractivity (Wildman–Crippen MR) is 81.3 cm³/mol. The molecule has 1 saturated heterocycles. The minimum Gasteiger partial charge on any atom is -0.311 e. The van der Waals surface area contributed by atoms with Crippen LogP contribution in [0.5, 0.6) is 0 Å². The molecule has 0 radical (unpaired) electrons. The lowest BCUT2D eigenvalue weighted by Gasteiger charge is -2.37. The van der Waals surface area contributed by atoms with Crippen molar-refractivity contribution in [3.05, 3.63) is 0 Å². The minimum atomic E-state index is 0.728. The van der Waals surface area contributed by atoms with Crippen molar-refractivity contribution in [2.24, 2.45) is 17.8 Å². The molecule has 3 aliphatic rings. The molecule has 2 heteroatoms. The predicted octanol–water partition coefficient (Wildman–Crippen LogP) is 3.28. The molecule has 0 bridgehead atoms. The Kier molecular flexibility index (Phi) is 4.48. The second kappa shape index (κ2) is 6.13. The van der Waals surface area contributed by atoms with Gasteiger partial charge in [-0.15, -0.1) is 0 Å². The zero-order valence-electron chi connectivity index (χ0n) is 12.9. The van der Waals surface area contributed by atoms with Gasteiger partial charge in [0.2, 0.25) is 0 Å². The molecule has 2 nitrogen and oxygen atoms in total. The van der Waals surface area contributed by atoms with E-state index in [1.165, 1.54) is 64.6 Å². The van der Waals surface area contributed by atoms with E-state index in [4.69, 9.17) is 0 Å². The van der Waals surface area contributed by atoms with Crippen molar-refractivity contribution in [2.45, 2.75) is 70.9 Å². The third-order valence-corrected chi connectivity index (χ3v) is 5.50. The Balaban J connectivity index is 1.49. The van der Waals surface area contributed by atoms with Gasteiger partial charge in [-0.25, -0.2) is 0 Å². The number of rotatable bonds is 7. The van der Waals surface area contributed by atoms with E-state index in [0.29, 0.717) is 0 Å². The lowest BCUT2D eigenvalue weighted by Crippen LogP contribution is -2.48. The molecule has 1 heterocycles. The Morgan fingerprint density at radius 2 is 1.74 bits per heavy atom. The van der Waals surface area contributed by atoms with Gasteiger partial charge in [0, 0.05) is 18.6 Å². The Labute approximate surface area is 119 Å². The first-order chi connectivity index (χ1) is 9.28. The summed E-state index contributed by atoms with van der Waals surface area (Å²) < 4.78 is 0. The highest BCUT2D eigenvalue weighted by Crippen LogP contribution is 2.45. The zero-order valence-corrected chi connectivity index (χ0v) is 12.9. The molecule has 2 atom stereocenters. The van der Waals surface area contributed by atoms with Crippen molar-refractivity contribution in [3.63, 3.8) is 0 Å². The Morgan fingerprint density at radius 1 is 1.05 bits per heavy atom. The summed E-state index contributed by atoms with van der Waals surface area (Å²) in [5, 5.41) is 4.05. The van der Waals surface area contributed by atoms with Gasteiger partial charge in [0.25, 0.3) is 0 Å². The average Bonchev–Trinajstić information content (AvgIpc) is 3.29. The highest BCUT2D eigenvalue weighted by Gasteiger charge is 2.42. The van der Waals surface area contributed by atoms with Gasteiger partial charge in [-0.2, -0.15) is 0 Å². The zero-order chi connectivity index (χ0) is 13.2. The normalized spacial score (nSPS) is 30.8. The van der Waals surface area contributed by atoms with Crippen LogP contribution in [0.4, 0.5) is 0 Å². The maximum atomic E-state index is 4.05. The van der Waals surface area contributed by atoms with Crippen molar-refractivity contribution >= 4 is 0 Å². The molecule has 19 heavy (non-hydrogen) atoms. The van der Waals surface area contributed by atoms with E-state index in [9.17, 15) is 0 Å². The van der Waals surface area contributed by atoms with Crippen LogP contribution < -0.4 is 5.32 Å². The van der Waals surface area contributed by atoms with E-state index in [1.54, 1.807) is 0 Å². The molecule has 110 valence electrons. The van der Waals surface area contributed by atoms with Gasteiger partial charge in [0.15, 0.2) is 0 Å². The number of hydrogen-bond donors (Lipinski definition) is 1. The summed E-state index contributed by atoms with van der Waals surface area (Å²) in [5.74, 6) is 2.95. The van der Waals surface area contributed by atoms with Crippen LogP contribution in [0, 0.1) is 17.8 Å². The first kappa shape index (κ1) is 13.9. The monoisotopic (exact) mass is 264 g/mol. The SMILES string of the molecule is CCCN1CCCC(C(C)NC(C2CC2)C2CC2)C1. The van der Waals surface area contributed by atoms with Gasteiger partial charge < -0.3 is 10.2 Å². The van der Waals surface area contributed by atoms with Crippen molar-refractivity contribution < 1.29 is 0 Å². The second-order valence-electron chi connectivity index (χ2n) is 7.36. The molecular formula is C17H32N2. The Hall–Kier alpha value is -0.0800. The lowest BCUT2D eigenvalue weighted by atomic mass is 9.90. The smallest absolute Gasteiger partial charge is 0.0126 e. The minimum absolute atomic E-state index is 0.728. The molecular weight excluding hydrogens is 232 g/mol. The number of nitrogens with one attached hydrogen (secondary N) is 1. The maximum absolute atomic E-state index is 4.05. The first-order valence-corrected chi connectivity index (χ1v) is 8.76. The Morgan fingerprint density at radius 3 is 2.32 bits per heavy atom. The van der Waals surface area contributed by atoms with E-state index in [-0.39, 0.29) is 0 Å². The molecule has 3 rings (SSSR count). The molecule has 0 spiro atoms. The Bertz CT molecular complexity index is 269. The quantitative estimate of drug-likeness (QED) is 0.759. The van der Waals surface area contributed by atoms with Crippen molar-refractivity contribution in [2.75, 3.05) is 19.6 Å².